The highest BCUT2D eigenvalue weighted by Crippen LogP contribution is 2.51. The van der Waals surface area contributed by atoms with Gasteiger partial charge >= 0.3 is 0 Å². The number of phenols is 2. The first kappa shape index (κ1) is 25.3. The molecular formula is C26H27NO10. The van der Waals surface area contributed by atoms with Crippen molar-refractivity contribution in [3.8, 4) is 17.2 Å². The average Bonchev–Trinajstić information content (AvgIpc) is 2.90. The number of hydrogen-bond donors (Lipinski definition) is 5. The number of methoxy groups -OCH3 is 1. The van der Waals surface area contributed by atoms with E-state index in [1.54, 1.807) is 0 Å². The van der Waals surface area contributed by atoms with E-state index >= 15 is 0 Å². The molecule has 3 unspecified atom stereocenters. The van der Waals surface area contributed by atoms with Crippen LogP contribution in [0.1, 0.15) is 61.9 Å². The molecule has 0 saturated carbocycles. The number of hydrogen-bond acceptors (Lipinski definition) is 11. The largest absolute Gasteiger partial charge is 0.507 e. The highest BCUT2D eigenvalue weighted by molar-refractivity contribution is 6.31. The summed E-state index contributed by atoms with van der Waals surface area (Å²) in [5, 5.41) is 42.0. The fraction of sp³-hybridized carbons (Fsp3) is 0.423. The Kier molecular flexibility index (Phi) is 6.50. The standard InChI is InChI=1S/C26H27NO10/c1-35-16-4-2-3-11-19(16)25(33)22-21(23(11)31)24(32)12-5-10(14(29)8-28)6-17(20(12)26(22)34)37-18-7-13(27)15(30)9-36-18/h2-4,10,13,15,17-18,28,30,32,34H,5-9,27H2,1H3/t10?,13?,15-,17?,18-/m0/s1. The van der Waals surface area contributed by atoms with Crippen molar-refractivity contribution in [2.45, 2.75) is 43.8 Å². The molecule has 0 amide bonds. The molecule has 2 aliphatic carbocycles. The molecule has 1 aliphatic heterocycles. The lowest BCUT2D eigenvalue weighted by molar-refractivity contribution is -0.217. The zero-order valence-corrected chi connectivity index (χ0v) is 20.0. The number of carbonyl (C=O) groups excluding carboxylic acids is 3. The minimum absolute atomic E-state index is 0.0118. The lowest BCUT2D eigenvalue weighted by atomic mass is 9.73. The molecule has 11 heteroatoms. The van der Waals surface area contributed by atoms with Gasteiger partial charge in [-0.1, -0.05) is 12.1 Å². The van der Waals surface area contributed by atoms with Gasteiger partial charge in [-0.3, -0.25) is 14.4 Å². The van der Waals surface area contributed by atoms with Crippen LogP contribution in [-0.2, 0) is 20.7 Å². The van der Waals surface area contributed by atoms with Crippen LogP contribution in [0, 0.1) is 5.92 Å². The van der Waals surface area contributed by atoms with Crippen molar-refractivity contribution in [1.82, 2.24) is 0 Å². The Labute approximate surface area is 211 Å². The lowest BCUT2D eigenvalue weighted by Crippen LogP contribution is -2.47. The van der Waals surface area contributed by atoms with Gasteiger partial charge in [0.05, 0.1) is 42.6 Å². The van der Waals surface area contributed by atoms with Gasteiger partial charge in [-0.05, 0) is 18.9 Å². The molecule has 6 N–H and O–H groups in total. The molecule has 5 atom stereocenters. The Hall–Kier alpha value is -3.35. The quantitative estimate of drug-likeness (QED) is 0.299. The fourth-order valence-electron chi connectivity index (χ4n) is 5.43. The van der Waals surface area contributed by atoms with Crippen LogP contribution in [0.25, 0.3) is 0 Å². The van der Waals surface area contributed by atoms with E-state index in [4.69, 9.17) is 19.9 Å². The second-order valence-electron chi connectivity index (χ2n) is 9.50. The Morgan fingerprint density at radius 3 is 2.51 bits per heavy atom. The molecule has 37 heavy (non-hydrogen) atoms. The van der Waals surface area contributed by atoms with Crippen LogP contribution < -0.4 is 10.5 Å². The van der Waals surface area contributed by atoms with Gasteiger partial charge in [0.15, 0.2) is 17.9 Å². The number of aromatic hydroxyl groups is 2. The number of phenolic OH excluding ortho intramolecular Hbond substituents is 2. The van der Waals surface area contributed by atoms with Crippen LogP contribution in [0.3, 0.4) is 0 Å². The Morgan fingerprint density at radius 1 is 1.11 bits per heavy atom. The molecule has 1 saturated heterocycles. The number of aliphatic hydroxyl groups excluding tert-OH is 2. The summed E-state index contributed by atoms with van der Waals surface area (Å²) in [6.45, 7) is -0.832. The van der Waals surface area contributed by atoms with Crippen LogP contribution in [-0.4, -0.2) is 76.5 Å². The third-order valence-corrected chi connectivity index (χ3v) is 7.37. The fourth-order valence-corrected chi connectivity index (χ4v) is 5.43. The van der Waals surface area contributed by atoms with E-state index in [1.165, 1.54) is 25.3 Å². The smallest absolute Gasteiger partial charge is 0.202 e. The van der Waals surface area contributed by atoms with Crippen molar-refractivity contribution >= 4 is 17.3 Å². The molecule has 0 spiro atoms. The minimum atomic E-state index is -1.05. The van der Waals surface area contributed by atoms with Crippen LogP contribution in [0.4, 0.5) is 0 Å². The molecule has 1 fully saturated rings. The number of ketones is 3. The van der Waals surface area contributed by atoms with Crippen LogP contribution in [0.5, 0.6) is 17.2 Å². The van der Waals surface area contributed by atoms with Crippen molar-refractivity contribution in [2.75, 3.05) is 20.3 Å². The molecule has 11 nitrogen and oxygen atoms in total. The number of ether oxygens (including phenoxy) is 3. The number of carbonyl (C=O) groups is 3. The van der Waals surface area contributed by atoms with E-state index in [2.05, 4.69) is 0 Å². The van der Waals surface area contributed by atoms with E-state index in [9.17, 15) is 34.8 Å². The Balaban J connectivity index is 1.66. The van der Waals surface area contributed by atoms with E-state index in [-0.39, 0.29) is 65.0 Å². The summed E-state index contributed by atoms with van der Waals surface area (Å²) in [6.07, 6.45) is -2.80. The van der Waals surface area contributed by atoms with Crippen molar-refractivity contribution in [2.24, 2.45) is 11.7 Å². The maximum atomic E-state index is 13.6. The molecule has 3 aliphatic rings. The summed E-state index contributed by atoms with van der Waals surface area (Å²) >= 11 is 0. The third-order valence-electron chi connectivity index (χ3n) is 7.37. The van der Waals surface area contributed by atoms with Crippen molar-refractivity contribution in [3.63, 3.8) is 0 Å². The molecular weight excluding hydrogens is 486 g/mol. The van der Waals surface area contributed by atoms with Gasteiger partial charge in [0.2, 0.25) is 5.78 Å². The summed E-state index contributed by atoms with van der Waals surface area (Å²) in [4.78, 5) is 39.5. The summed E-state index contributed by atoms with van der Waals surface area (Å²) < 4.78 is 16.9. The number of Topliss-reactive ketones (excluding diaryl/α,β-unsaturated/α-hetero) is 1. The minimum Gasteiger partial charge on any atom is -0.507 e. The first-order valence-electron chi connectivity index (χ1n) is 11.9. The van der Waals surface area contributed by atoms with E-state index < -0.39 is 65.9 Å². The van der Waals surface area contributed by atoms with Gasteiger partial charge in [0.1, 0.15) is 23.9 Å². The normalized spacial score (nSPS) is 26.8. The number of aliphatic hydroxyl groups is 2. The molecule has 1 heterocycles. The predicted octanol–water partition coefficient (Wildman–Crippen LogP) is 0.498. The zero-order chi connectivity index (χ0) is 26.6. The number of benzene rings is 2. The predicted molar refractivity (Wildman–Crippen MR) is 126 cm³/mol. The topological polar surface area (TPSA) is 186 Å². The molecule has 0 aromatic heterocycles. The maximum absolute atomic E-state index is 13.6. The lowest BCUT2D eigenvalue weighted by Gasteiger charge is -2.38. The van der Waals surface area contributed by atoms with E-state index in [0.29, 0.717) is 0 Å². The highest BCUT2D eigenvalue weighted by atomic mass is 16.7. The summed E-state index contributed by atoms with van der Waals surface area (Å²) in [6, 6.07) is 3.85. The Morgan fingerprint density at radius 2 is 1.84 bits per heavy atom. The Bertz CT molecular complexity index is 1300. The zero-order valence-electron chi connectivity index (χ0n) is 20.0. The van der Waals surface area contributed by atoms with Gasteiger partial charge in [-0.15, -0.1) is 0 Å². The molecule has 2 aromatic rings. The van der Waals surface area contributed by atoms with E-state index in [0.717, 1.165) is 0 Å². The van der Waals surface area contributed by atoms with Gasteiger partial charge in [-0.25, -0.2) is 0 Å². The van der Waals surface area contributed by atoms with Crippen LogP contribution in [0.2, 0.25) is 0 Å². The summed E-state index contributed by atoms with van der Waals surface area (Å²) in [5.41, 5.74) is 5.31. The second-order valence-corrected chi connectivity index (χ2v) is 9.50. The second kappa shape index (κ2) is 9.51. The average molecular weight is 513 g/mol. The third kappa shape index (κ3) is 3.99. The molecule has 0 radical (unpaired) electrons. The molecule has 0 bridgehead atoms. The van der Waals surface area contributed by atoms with Gasteiger partial charge in [0.25, 0.3) is 0 Å². The van der Waals surface area contributed by atoms with Gasteiger partial charge < -0.3 is 40.4 Å². The molecule has 2 aromatic carbocycles. The monoisotopic (exact) mass is 513 g/mol. The molecule has 196 valence electrons. The first-order chi connectivity index (χ1) is 17.7. The summed E-state index contributed by atoms with van der Waals surface area (Å²) in [5.74, 6) is -3.62. The highest BCUT2D eigenvalue weighted by Gasteiger charge is 2.44. The van der Waals surface area contributed by atoms with Crippen molar-refractivity contribution in [3.05, 3.63) is 51.6 Å². The van der Waals surface area contributed by atoms with Crippen molar-refractivity contribution in [1.29, 1.82) is 0 Å². The van der Waals surface area contributed by atoms with Gasteiger partial charge in [-0.2, -0.15) is 0 Å². The van der Waals surface area contributed by atoms with Crippen LogP contribution in [0.15, 0.2) is 18.2 Å². The first-order valence-corrected chi connectivity index (χ1v) is 11.9. The van der Waals surface area contributed by atoms with E-state index in [1.807, 2.05) is 0 Å². The summed E-state index contributed by atoms with van der Waals surface area (Å²) in [7, 11) is 1.35. The maximum Gasteiger partial charge on any atom is 0.202 e. The van der Waals surface area contributed by atoms with Crippen molar-refractivity contribution < 1.29 is 49.0 Å². The number of nitrogens with two attached hydrogens (primary N) is 1. The number of fused-ring (bicyclic) bond motifs is 3. The molecule has 5 rings (SSSR count). The van der Waals surface area contributed by atoms with Crippen LogP contribution >= 0.6 is 0 Å². The van der Waals surface area contributed by atoms with Gasteiger partial charge in [0, 0.05) is 35.1 Å². The number of rotatable bonds is 5. The SMILES string of the molecule is COc1cccc2c1C(=O)c1c(O)c3c(c(O)c1C2=O)CC(C(=O)CO)CC3O[C@H]1CC(N)[C@@H](O)CO1.